The second-order valence-electron chi connectivity index (χ2n) is 6.82. The highest BCUT2D eigenvalue weighted by atomic mass is 127. The van der Waals surface area contributed by atoms with Gasteiger partial charge in [-0.2, -0.15) is 0 Å². The van der Waals surface area contributed by atoms with Crippen LogP contribution < -0.4 is 15.4 Å². The number of methoxy groups -OCH3 is 1. The van der Waals surface area contributed by atoms with Crippen molar-refractivity contribution in [3.63, 3.8) is 0 Å². The Bertz CT molecular complexity index is 575. The molecule has 0 amide bonds. The van der Waals surface area contributed by atoms with Crippen LogP contribution in [0.2, 0.25) is 0 Å². The number of ether oxygens (including phenoxy) is 1. The van der Waals surface area contributed by atoms with E-state index in [9.17, 15) is 5.11 Å². The standard InChI is InChI=1S/C20H34N4O2.HI/c1-4-6-11-24-12-9-17(10-13-24)23-20(21-5-2)22-15-16-7-8-19(26-3)18(25)14-16;/h7-8,14,17,25H,4-6,9-13,15H2,1-3H3,(H2,21,22,23);1H. The number of rotatable bonds is 8. The number of unbranched alkanes of at least 4 members (excludes halogenated alkanes) is 1. The maximum atomic E-state index is 9.90. The van der Waals surface area contributed by atoms with Crippen molar-refractivity contribution in [1.82, 2.24) is 15.5 Å². The Balaban J connectivity index is 0.00000364. The fourth-order valence-corrected chi connectivity index (χ4v) is 3.20. The average molecular weight is 490 g/mol. The molecule has 1 saturated heterocycles. The zero-order valence-electron chi connectivity index (χ0n) is 16.8. The SMILES string of the molecule is CCCCN1CCC(NC(=NCc2ccc(OC)c(O)c2)NCC)CC1.I. The number of halogens is 1. The first kappa shape index (κ1) is 23.8. The monoisotopic (exact) mass is 490 g/mol. The van der Waals surface area contributed by atoms with Crippen LogP contribution in [0.3, 0.4) is 0 Å². The molecule has 0 spiro atoms. The average Bonchev–Trinajstić information content (AvgIpc) is 2.66. The molecule has 1 aromatic carbocycles. The molecule has 0 aromatic heterocycles. The van der Waals surface area contributed by atoms with Crippen LogP contribution >= 0.6 is 24.0 Å². The number of hydrogen-bond donors (Lipinski definition) is 3. The van der Waals surface area contributed by atoms with Gasteiger partial charge in [-0.3, -0.25) is 0 Å². The van der Waals surface area contributed by atoms with E-state index in [-0.39, 0.29) is 29.7 Å². The van der Waals surface area contributed by atoms with E-state index in [0.29, 0.717) is 18.3 Å². The minimum atomic E-state index is 0. The third-order valence-corrected chi connectivity index (χ3v) is 4.76. The molecule has 1 fully saturated rings. The summed E-state index contributed by atoms with van der Waals surface area (Å²) in [5, 5.41) is 16.8. The molecule has 0 saturated carbocycles. The molecule has 0 unspecified atom stereocenters. The van der Waals surface area contributed by atoms with E-state index in [4.69, 9.17) is 4.74 Å². The summed E-state index contributed by atoms with van der Waals surface area (Å²) in [6.07, 6.45) is 4.85. The van der Waals surface area contributed by atoms with E-state index in [1.807, 2.05) is 6.07 Å². The molecular weight excluding hydrogens is 455 g/mol. The topological polar surface area (TPSA) is 69.1 Å². The van der Waals surface area contributed by atoms with Gasteiger partial charge in [-0.15, -0.1) is 24.0 Å². The van der Waals surface area contributed by atoms with Crippen molar-refractivity contribution in [2.75, 3.05) is 33.3 Å². The number of aliphatic imine (C=N–C) groups is 1. The summed E-state index contributed by atoms with van der Waals surface area (Å²) >= 11 is 0. The summed E-state index contributed by atoms with van der Waals surface area (Å²) in [5.41, 5.74) is 0.954. The number of aromatic hydroxyl groups is 1. The van der Waals surface area contributed by atoms with Gasteiger partial charge in [0.15, 0.2) is 17.5 Å². The molecule has 1 aliphatic rings. The highest BCUT2D eigenvalue weighted by Crippen LogP contribution is 2.26. The third kappa shape index (κ3) is 8.13. The van der Waals surface area contributed by atoms with Crippen LogP contribution in [-0.2, 0) is 6.54 Å². The lowest BCUT2D eigenvalue weighted by molar-refractivity contribution is 0.203. The lowest BCUT2D eigenvalue weighted by Gasteiger charge is -2.33. The van der Waals surface area contributed by atoms with Crippen LogP contribution in [0.4, 0.5) is 0 Å². The largest absolute Gasteiger partial charge is 0.504 e. The Hall–Kier alpha value is -1.22. The van der Waals surface area contributed by atoms with E-state index in [2.05, 4.69) is 34.4 Å². The molecule has 0 radical (unpaired) electrons. The smallest absolute Gasteiger partial charge is 0.191 e. The van der Waals surface area contributed by atoms with Gasteiger partial charge in [0.1, 0.15) is 0 Å². The Morgan fingerprint density at radius 3 is 2.63 bits per heavy atom. The number of nitrogens with one attached hydrogen (secondary N) is 2. The number of piperidine rings is 1. The zero-order chi connectivity index (χ0) is 18.8. The Kier molecular flexibility index (Phi) is 11.5. The number of nitrogens with zero attached hydrogens (tertiary/aromatic N) is 2. The lowest BCUT2D eigenvalue weighted by Crippen LogP contribution is -2.48. The second-order valence-corrected chi connectivity index (χ2v) is 6.82. The lowest BCUT2D eigenvalue weighted by atomic mass is 10.0. The molecule has 7 heteroatoms. The zero-order valence-corrected chi connectivity index (χ0v) is 19.2. The predicted molar refractivity (Wildman–Crippen MR) is 122 cm³/mol. The Morgan fingerprint density at radius 2 is 2.04 bits per heavy atom. The molecule has 6 nitrogen and oxygen atoms in total. The van der Waals surface area contributed by atoms with E-state index in [0.717, 1.165) is 44.0 Å². The fraction of sp³-hybridized carbons (Fsp3) is 0.650. The Labute approximate surface area is 180 Å². The fourth-order valence-electron chi connectivity index (χ4n) is 3.20. The first-order valence-electron chi connectivity index (χ1n) is 9.79. The highest BCUT2D eigenvalue weighted by Gasteiger charge is 2.19. The number of phenols is 1. The van der Waals surface area contributed by atoms with Crippen molar-refractivity contribution in [3.05, 3.63) is 23.8 Å². The van der Waals surface area contributed by atoms with Gasteiger partial charge in [0, 0.05) is 25.7 Å². The van der Waals surface area contributed by atoms with Crippen LogP contribution in [0.5, 0.6) is 11.5 Å². The molecule has 0 aliphatic carbocycles. The number of phenolic OH excluding ortho intramolecular Hbond substituents is 1. The molecular formula is C20H35IN4O2. The van der Waals surface area contributed by atoms with Gasteiger partial charge in [-0.25, -0.2) is 4.99 Å². The number of hydrogen-bond acceptors (Lipinski definition) is 4. The van der Waals surface area contributed by atoms with Gasteiger partial charge in [0.2, 0.25) is 0 Å². The van der Waals surface area contributed by atoms with Crippen molar-refractivity contribution in [2.24, 2.45) is 4.99 Å². The summed E-state index contributed by atoms with van der Waals surface area (Å²) < 4.78 is 5.08. The molecule has 1 aliphatic heterocycles. The molecule has 154 valence electrons. The van der Waals surface area contributed by atoms with Gasteiger partial charge in [-0.05, 0) is 50.4 Å². The van der Waals surface area contributed by atoms with Gasteiger partial charge in [0.25, 0.3) is 0 Å². The van der Waals surface area contributed by atoms with Gasteiger partial charge in [-0.1, -0.05) is 19.4 Å². The maximum Gasteiger partial charge on any atom is 0.191 e. The summed E-state index contributed by atoms with van der Waals surface area (Å²) in [7, 11) is 1.55. The van der Waals surface area contributed by atoms with E-state index in [1.165, 1.54) is 19.4 Å². The van der Waals surface area contributed by atoms with Crippen LogP contribution in [0, 0.1) is 0 Å². The molecule has 3 N–H and O–H groups in total. The second kappa shape index (κ2) is 13.0. The minimum absolute atomic E-state index is 0. The third-order valence-electron chi connectivity index (χ3n) is 4.76. The van der Waals surface area contributed by atoms with Crippen LogP contribution in [0.1, 0.15) is 45.1 Å². The predicted octanol–water partition coefficient (Wildman–Crippen LogP) is 3.34. The van der Waals surface area contributed by atoms with E-state index in [1.54, 1.807) is 19.2 Å². The van der Waals surface area contributed by atoms with Crippen LogP contribution in [0.15, 0.2) is 23.2 Å². The summed E-state index contributed by atoms with van der Waals surface area (Å²) in [4.78, 5) is 7.23. The van der Waals surface area contributed by atoms with Crippen molar-refractivity contribution in [3.8, 4) is 11.5 Å². The first-order valence-corrected chi connectivity index (χ1v) is 9.79. The normalized spacial score (nSPS) is 15.9. The molecule has 2 rings (SSSR count). The molecule has 1 heterocycles. The Morgan fingerprint density at radius 1 is 1.30 bits per heavy atom. The number of benzene rings is 1. The minimum Gasteiger partial charge on any atom is -0.504 e. The quantitative estimate of drug-likeness (QED) is 0.296. The first-order chi connectivity index (χ1) is 12.7. The van der Waals surface area contributed by atoms with E-state index < -0.39 is 0 Å². The van der Waals surface area contributed by atoms with Gasteiger partial charge < -0.3 is 25.4 Å². The summed E-state index contributed by atoms with van der Waals surface area (Å²) in [5.74, 6) is 1.48. The van der Waals surface area contributed by atoms with E-state index >= 15 is 0 Å². The van der Waals surface area contributed by atoms with Gasteiger partial charge >= 0.3 is 0 Å². The van der Waals surface area contributed by atoms with Crippen molar-refractivity contribution in [1.29, 1.82) is 0 Å². The molecule has 0 atom stereocenters. The highest BCUT2D eigenvalue weighted by molar-refractivity contribution is 14.0. The summed E-state index contributed by atoms with van der Waals surface area (Å²) in [6.45, 7) is 9.20. The van der Waals surface area contributed by atoms with Gasteiger partial charge in [0.05, 0.1) is 13.7 Å². The van der Waals surface area contributed by atoms with Crippen molar-refractivity contribution >= 4 is 29.9 Å². The molecule has 1 aromatic rings. The number of guanidine groups is 1. The van der Waals surface area contributed by atoms with Crippen LogP contribution in [-0.4, -0.2) is 55.3 Å². The number of likely N-dealkylation sites (tertiary alicyclic amines) is 1. The van der Waals surface area contributed by atoms with Crippen molar-refractivity contribution in [2.45, 2.75) is 52.1 Å². The maximum absolute atomic E-state index is 9.90. The van der Waals surface area contributed by atoms with Crippen LogP contribution in [0.25, 0.3) is 0 Å². The van der Waals surface area contributed by atoms with Crippen molar-refractivity contribution < 1.29 is 9.84 Å². The molecule has 27 heavy (non-hydrogen) atoms. The molecule has 0 bridgehead atoms. The summed E-state index contributed by atoms with van der Waals surface area (Å²) in [6, 6.07) is 5.87.